The smallest absolute Gasteiger partial charge is 0.245 e. The number of hydrogen-bond acceptors (Lipinski definition) is 2. The fraction of sp³-hybridized carbons (Fsp3) is 0.429. The molecule has 1 rings (SSSR count). The summed E-state index contributed by atoms with van der Waals surface area (Å²) in [5, 5.41) is 0. The molecule has 0 radical (unpaired) electrons. The van der Waals surface area contributed by atoms with Crippen LogP contribution in [0.3, 0.4) is 0 Å². The van der Waals surface area contributed by atoms with Crippen LogP contribution in [0.1, 0.15) is 37.8 Å². The van der Waals surface area contributed by atoms with Crippen LogP contribution in [0.2, 0.25) is 0 Å². The molecular formula is C14H20N2OS2. The van der Waals surface area contributed by atoms with Gasteiger partial charge in [0.25, 0.3) is 0 Å². The minimum atomic E-state index is -0.233. The van der Waals surface area contributed by atoms with Crippen LogP contribution in [0.5, 0.6) is 0 Å². The van der Waals surface area contributed by atoms with Crippen LogP contribution in [0, 0.1) is 5.92 Å². The van der Waals surface area contributed by atoms with E-state index in [4.69, 9.17) is 12.2 Å². The van der Waals surface area contributed by atoms with Crippen molar-refractivity contribution in [2.24, 2.45) is 5.92 Å². The van der Waals surface area contributed by atoms with E-state index in [1.165, 1.54) is 5.56 Å². The first-order chi connectivity index (χ1) is 8.90. The van der Waals surface area contributed by atoms with Gasteiger partial charge in [-0.25, -0.2) is 0 Å². The summed E-state index contributed by atoms with van der Waals surface area (Å²) >= 11 is 8.59. The van der Waals surface area contributed by atoms with E-state index in [9.17, 15) is 4.79 Å². The van der Waals surface area contributed by atoms with Gasteiger partial charge in [-0.3, -0.25) is 15.6 Å². The van der Waals surface area contributed by atoms with E-state index in [2.05, 4.69) is 49.5 Å². The molecule has 0 aliphatic heterocycles. The van der Waals surface area contributed by atoms with Gasteiger partial charge >= 0.3 is 0 Å². The number of nitrogens with one attached hydrogen (secondary N) is 2. The molecule has 0 spiro atoms. The summed E-state index contributed by atoms with van der Waals surface area (Å²) in [6, 6.07) is 8.16. The van der Waals surface area contributed by atoms with Gasteiger partial charge in [0.1, 0.15) is 4.32 Å². The van der Waals surface area contributed by atoms with Crippen molar-refractivity contribution in [1.82, 2.24) is 10.9 Å². The highest BCUT2D eigenvalue weighted by Crippen LogP contribution is 2.17. The number of hydrogen-bond donors (Lipinski definition) is 3. The van der Waals surface area contributed by atoms with Gasteiger partial charge in [-0.1, -0.05) is 50.3 Å². The van der Waals surface area contributed by atoms with Crippen molar-refractivity contribution in [2.75, 3.05) is 0 Å². The first-order valence-electron chi connectivity index (χ1n) is 6.27. The molecule has 0 aliphatic rings. The zero-order valence-corrected chi connectivity index (χ0v) is 13.1. The molecule has 5 heteroatoms. The molecule has 3 nitrogen and oxygen atoms in total. The molecule has 1 amide bonds. The number of rotatable bonds is 4. The summed E-state index contributed by atoms with van der Waals surface area (Å²) in [5.41, 5.74) is 7.33. The maximum Gasteiger partial charge on any atom is 0.245 e. The van der Waals surface area contributed by atoms with E-state index < -0.39 is 0 Å². The molecule has 0 fully saturated rings. The van der Waals surface area contributed by atoms with Gasteiger partial charge in [0.2, 0.25) is 5.91 Å². The first-order valence-corrected chi connectivity index (χ1v) is 7.13. The Morgan fingerprint density at radius 3 is 2.26 bits per heavy atom. The van der Waals surface area contributed by atoms with E-state index in [0.717, 1.165) is 12.0 Å². The Labute approximate surface area is 125 Å². The lowest BCUT2D eigenvalue weighted by molar-refractivity contribution is -0.122. The summed E-state index contributed by atoms with van der Waals surface area (Å²) in [6.45, 7) is 6.24. The van der Waals surface area contributed by atoms with Gasteiger partial charge in [0.15, 0.2) is 0 Å². The number of amides is 1. The number of hydrazine groups is 1. The highest BCUT2D eigenvalue weighted by Gasteiger charge is 2.14. The van der Waals surface area contributed by atoms with Gasteiger partial charge < -0.3 is 0 Å². The molecule has 0 aromatic heterocycles. The molecule has 19 heavy (non-hydrogen) atoms. The molecule has 1 atom stereocenters. The van der Waals surface area contributed by atoms with Crippen LogP contribution in [0.15, 0.2) is 24.3 Å². The number of benzene rings is 1. The van der Waals surface area contributed by atoms with Crippen molar-refractivity contribution in [3.05, 3.63) is 35.4 Å². The Morgan fingerprint density at radius 2 is 1.79 bits per heavy atom. The first kappa shape index (κ1) is 16.0. The molecule has 0 heterocycles. The van der Waals surface area contributed by atoms with Gasteiger partial charge in [-0.15, -0.1) is 12.6 Å². The average molecular weight is 296 g/mol. The van der Waals surface area contributed by atoms with Crippen molar-refractivity contribution >= 4 is 35.1 Å². The zero-order valence-electron chi connectivity index (χ0n) is 11.4. The second-order valence-corrected chi connectivity index (χ2v) is 6.14. The van der Waals surface area contributed by atoms with E-state index in [1.807, 2.05) is 19.1 Å². The molecule has 0 aliphatic carbocycles. The fourth-order valence-corrected chi connectivity index (χ4v) is 1.90. The third kappa shape index (κ3) is 5.61. The van der Waals surface area contributed by atoms with Crippen LogP contribution in [0.25, 0.3) is 0 Å². The van der Waals surface area contributed by atoms with Gasteiger partial charge in [-0.05, 0) is 30.4 Å². The van der Waals surface area contributed by atoms with E-state index >= 15 is 0 Å². The fourth-order valence-electron chi connectivity index (χ4n) is 1.79. The molecule has 1 aromatic carbocycles. The second kappa shape index (κ2) is 7.50. The van der Waals surface area contributed by atoms with Crippen LogP contribution in [0.4, 0.5) is 0 Å². The van der Waals surface area contributed by atoms with E-state index in [0.29, 0.717) is 5.92 Å². The predicted molar refractivity (Wildman–Crippen MR) is 86.3 cm³/mol. The van der Waals surface area contributed by atoms with Crippen molar-refractivity contribution in [2.45, 2.75) is 33.1 Å². The Bertz CT molecular complexity index is 443. The molecule has 1 unspecified atom stereocenters. The summed E-state index contributed by atoms with van der Waals surface area (Å²) < 4.78 is 0.243. The molecule has 2 N–H and O–H groups in total. The maximum absolute atomic E-state index is 11.8. The Kier molecular flexibility index (Phi) is 6.31. The normalized spacial score (nSPS) is 12.1. The number of thiol groups is 1. The third-order valence-corrected chi connectivity index (χ3v) is 3.02. The van der Waals surface area contributed by atoms with Gasteiger partial charge in [0, 0.05) is 0 Å². The van der Waals surface area contributed by atoms with Crippen molar-refractivity contribution in [3.8, 4) is 0 Å². The quantitative estimate of drug-likeness (QED) is 0.455. The average Bonchev–Trinajstić information content (AvgIpc) is 2.35. The molecule has 104 valence electrons. The minimum absolute atomic E-state index is 0.131. The van der Waals surface area contributed by atoms with Crippen LogP contribution in [-0.2, 0) is 11.2 Å². The largest absolute Gasteiger partial charge is 0.283 e. The van der Waals surface area contributed by atoms with Crippen LogP contribution >= 0.6 is 24.8 Å². The standard InChI is InChI=1S/C14H20N2OS2/c1-9(2)8-11-4-6-12(7-5-11)10(3)13(17)15-16-14(18)19/h4-7,9-10H,8H2,1-3H3,(H,15,17)(H2,16,18,19). The van der Waals surface area contributed by atoms with Crippen molar-refractivity contribution < 1.29 is 4.79 Å². The van der Waals surface area contributed by atoms with Crippen LogP contribution < -0.4 is 10.9 Å². The highest BCUT2D eigenvalue weighted by atomic mass is 32.1. The number of carbonyl (C=O) groups excluding carboxylic acids is 1. The molecule has 0 bridgehead atoms. The zero-order chi connectivity index (χ0) is 14.4. The maximum atomic E-state index is 11.8. The second-order valence-electron chi connectivity index (χ2n) is 4.98. The van der Waals surface area contributed by atoms with Crippen molar-refractivity contribution in [1.29, 1.82) is 0 Å². The number of carbonyl (C=O) groups is 1. The lowest BCUT2D eigenvalue weighted by Gasteiger charge is -2.14. The minimum Gasteiger partial charge on any atom is -0.283 e. The Balaban J connectivity index is 2.64. The molecular weight excluding hydrogens is 276 g/mol. The van der Waals surface area contributed by atoms with Crippen molar-refractivity contribution in [3.63, 3.8) is 0 Å². The topological polar surface area (TPSA) is 41.1 Å². The van der Waals surface area contributed by atoms with E-state index in [-0.39, 0.29) is 16.1 Å². The molecule has 0 saturated carbocycles. The molecule has 1 aromatic rings. The summed E-state index contributed by atoms with van der Waals surface area (Å²) in [7, 11) is 0. The Morgan fingerprint density at radius 1 is 1.21 bits per heavy atom. The predicted octanol–water partition coefficient (Wildman–Crippen LogP) is 2.82. The highest BCUT2D eigenvalue weighted by molar-refractivity contribution is 8.11. The van der Waals surface area contributed by atoms with Gasteiger partial charge in [0.05, 0.1) is 5.92 Å². The lowest BCUT2D eigenvalue weighted by Crippen LogP contribution is -2.41. The summed E-state index contributed by atoms with van der Waals surface area (Å²) in [6.07, 6.45) is 1.05. The summed E-state index contributed by atoms with van der Waals surface area (Å²) in [5.74, 6) is 0.267. The van der Waals surface area contributed by atoms with Crippen LogP contribution in [-0.4, -0.2) is 10.2 Å². The number of thiocarbonyl (C=S) groups is 1. The summed E-state index contributed by atoms with van der Waals surface area (Å²) in [4.78, 5) is 11.8. The molecule has 0 saturated heterocycles. The van der Waals surface area contributed by atoms with E-state index in [1.54, 1.807) is 0 Å². The Hall–Kier alpha value is -1.07. The van der Waals surface area contributed by atoms with Gasteiger partial charge in [-0.2, -0.15) is 0 Å². The SMILES string of the molecule is CC(C)Cc1ccc(C(C)C(=O)NNC(=S)S)cc1. The third-order valence-electron chi connectivity index (χ3n) is 2.81. The monoisotopic (exact) mass is 296 g/mol. The lowest BCUT2D eigenvalue weighted by atomic mass is 9.96.